The molecule has 32 heavy (non-hydrogen) atoms. The second kappa shape index (κ2) is 12.2. The highest BCUT2D eigenvalue weighted by Gasteiger charge is 2.36. The van der Waals surface area contributed by atoms with Gasteiger partial charge in [-0.15, -0.1) is 0 Å². The minimum absolute atomic E-state index is 0.227. The van der Waals surface area contributed by atoms with Crippen molar-refractivity contribution in [2.24, 2.45) is 11.8 Å². The first kappa shape index (κ1) is 23.7. The van der Waals surface area contributed by atoms with Gasteiger partial charge < -0.3 is 15.5 Å². The van der Waals surface area contributed by atoms with Crippen LogP contribution in [0.4, 0.5) is 0 Å². The lowest BCUT2D eigenvalue weighted by Gasteiger charge is -2.46. The number of amides is 1. The number of carbonyl (C=O) groups excluding carboxylic acids is 1. The number of rotatable bonds is 10. The van der Waals surface area contributed by atoms with Crippen LogP contribution < -0.4 is 10.6 Å². The van der Waals surface area contributed by atoms with Crippen molar-refractivity contribution in [3.8, 4) is 0 Å². The molecule has 5 nitrogen and oxygen atoms in total. The third-order valence-corrected chi connectivity index (χ3v) is 8.04. The summed E-state index contributed by atoms with van der Waals surface area (Å²) in [7, 11) is 2.22. The minimum atomic E-state index is 0.227. The molecule has 4 rings (SSSR count). The summed E-state index contributed by atoms with van der Waals surface area (Å²) >= 11 is 0. The normalized spacial score (nSPS) is 26.9. The van der Waals surface area contributed by atoms with Gasteiger partial charge >= 0.3 is 0 Å². The summed E-state index contributed by atoms with van der Waals surface area (Å²) in [4.78, 5) is 17.5. The van der Waals surface area contributed by atoms with E-state index < -0.39 is 0 Å². The molecule has 2 aliphatic heterocycles. The Morgan fingerprint density at radius 2 is 1.97 bits per heavy atom. The van der Waals surface area contributed by atoms with Crippen molar-refractivity contribution >= 4 is 5.91 Å². The monoisotopic (exact) mass is 440 g/mol. The Hall–Kier alpha value is -1.43. The van der Waals surface area contributed by atoms with Crippen LogP contribution in [0.15, 0.2) is 30.3 Å². The highest BCUT2D eigenvalue weighted by Crippen LogP contribution is 2.31. The number of likely N-dealkylation sites (N-methyl/N-ethyl adjacent to an activating group) is 1. The van der Waals surface area contributed by atoms with Gasteiger partial charge in [0.15, 0.2) is 0 Å². The van der Waals surface area contributed by atoms with Crippen LogP contribution in [0.5, 0.6) is 0 Å². The van der Waals surface area contributed by atoms with E-state index in [9.17, 15) is 4.79 Å². The number of hydrogen-bond donors (Lipinski definition) is 2. The molecule has 1 aromatic carbocycles. The summed E-state index contributed by atoms with van der Waals surface area (Å²) in [6.45, 7) is 6.35. The molecule has 2 N–H and O–H groups in total. The molecule has 3 atom stereocenters. The lowest BCUT2D eigenvalue weighted by Crippen LogP contribution is -2.55. The van der Waals surface area contributed by atoms with Crippen LogP contribution in [0, 0.1) is 11.8 Å². The number of fused-ring (bicyclic) bond motifs is 2. The van der Waals surface area contributed by atoms with Gasteiger partial charge in [-0.3, -0.25) is 9.69 Å². The Balaban J connectivity index is 1.12. The predicted molar refractivity (Wildman–Crippen MR) is 131 cm³/mol. The third kappa shape index (κ3) is 7.03. The SMILES string of the molecule is CN(CCNC(=O)CCC[C@H]1NCC2CC1CN(Cc1ccccc1)C2)C1CCCCC1. The lowest BCUT2D eigenvalue weighted by molar-refractivity contribution is -0.121. The zero-order valence-electron chi connectivity index (χ0n) is 20.1. The van der Waals surface area contributed by atoms with Crippen LogP contribution in [-0.4, -0.2) is 67.6 Å². The average molecular weight is 441 g/mol. The summed E-state index contributed by atoms with van der Waals surface area (Å²) in [5, 5.41) is 6.97. The molecular weight excluding hydrogens is 396 g/mol. The zero-order chi connectivity index (χ0) is 22.2. The number of likely N-dealkylation sites (tertiary alicyclic amines) is 1. The smallest absolute Gasteiger partial charge is 0.220 e. The molecule has 1 aliphatic carbocycles. The fraction of sp³-hybridized carbons (Fsp3) is 0.741. The van der Waals surface area contributed by atoms with E-state index in [4.69, 9.17) is 0 Å². The maximum absolute atomic E-state index is 12.4. The molecule has 1 saturated carbocycles. The first-order valence-electron chi connectivity index (χ1n) is 13.1. The highest BCUT2D eigenvalue weighted by molar-refractivity contribution is 5.75. The quantitative estimate of drug-likeness (QED) is 0.583. The minimum Gasteiger partial charge on any atom is -0.355 e. The molecule has 2 unspecified atom stereocenters. The highest BCUT2D eigenvalue weighted by atomic mass is 16.1. The number of benzene rings is 1. The van der Waals surface area contributed by atoms with Crippen molar-refractivity contribution < 1.29 is 4.79 Å². The molecule has 1 amide bonds. The van der Waals surface area contributed by atoms with E-state index in [0.29, 0.717) is 12.5 Å². The fourth-order valence-electron chi connectivity index (χ4n) is 6.23. The van der Waals surface area contributed by atoms with E-state index in [1.807, 2.05) is 0 Å². The van der Waals surface area contributed by atoms with Crippen molar-refractivity contribution in [3.05, 3.63) is 35.9 Å². The molecule has 3 fully saturated rings. The van der Waals surface area contributed by atoms with Gasteiger partial charge in [-0.25, -0.2) is 0 Å². The molecule has 0 spiro atoms. The predicted octanol–water partition coefficient (Wildman–Crippen LogP) is 3.65. The van der Waals surface area contributed by atoms with Gasteiger partial charge in [-0.1, -0.05) is 49.6 Å². The number of nitrogens with one attached hydrogen (secondary N) is 2. The Morgan fingerprint density at radius 1 is 1.16 bits per heavy atom. The molecule has 3 aliphatic rings. The first-order chi connectivity index (χ1) is 15.7. The number of nitrogens with zero attached hydrogens (tertiary/aromatic N) is 2. The third-order valence-electron chi connectivity index (χ3n) is 8.04. The number of carbonyl (C=O) groups is 1. The van der Waals surface area contributed by atoms with E-state index in [1.165, 1.54) is 57.2 Å². The van der Waals surface area contributed by atoms with E-state index in [2.05, 4.69) is 57.8 Å². The zero-order valence-corrected chi connectivity index (χ0v) is 20.1. The van der Waals surface area contributed by atoms with Gasteiger partial charge in [-0.05, 0) is 63.1 Å². The van der Waals surface area contributed by atoms with Gasteiger partial charge in [0.2, 0.25) is 5.91 Å². The topological polar surface area (TPSA) is 47.6 Å². The Kier molecular flexibility index (Phi) is 9.01. The van der Waals surface area contributed by atoms with Gasteiger partial charge in [-0.2, -0.15) is 0 Å². The van der Waals surface area contributed by atoms with Crippen LogP contribution in [0.1, 0.15) is 63.4 Å². The Labute approximate surface area is 195 Å². The molecule has 1 aromatic rings. The molecule has 178 valence electrons. The summed E-state index contributed by atoms with van der Waals surface area (Å²) in [6, 6.07) is 12.2. The molecule has 5 heteroatoms. The number of piperidine rings is 2. The molecule has 0 radical (unpaired) electrons. The standard InChI is InChI=1S/C27H44N4O/c1-30(25-11-6-3-7-12-25)16-15-28-27(32)14-8-13-26-24-17-23(18-29-26)20-31(21-24)19-22-9-4-2-5-10-22/h2,4-5,9-10,23-26,29H,3,6-8,11-21H2,1H3,(H,28,32)/t23?,24?,26-/m1/s1. The lowest BCUT2D eigenvalue weighted by atomic mass is 9.79. The van der Waals surface area contributed by atoms with Gasteiger partial charge in [0.05, 0.1) is 0 Å². The van der Waals surface area contributed by atoms with E-state index in [-0.39, 0.29) is 5.91 Å². The summed E-state index contributed by atoms with van der Waals surface area (Å²) in [5.74, 6) is 1.72. The van der Waals surface area contributed by atoms with Crippen molar-refractivity contribution in [3.63, 3.8) is 0 Å². The molecule has 2 bridgehead atoms. The fourth-order valence-corrected chi connectivity index (χ4v) is 6.23. The second-order valence-corrected chi connectivity index (χ2v) is 10.6. The van der Waals surface area contributed by atoms with Crippen LogP contribution in [0.25, 0.3) is 0 Å². The van der Waals surface area contributed by atoms with Crippen molar-refractivity contribution in [1.29, 1.82) is 0 Å². The van der Waals surface area contributed by atoms with Crippen LogP contribution >= 0.6 is 0 Å². The molecule has 2 heterocycles. The van der Waals surface area contributed by atoms with Crippen LogP contribution in [0.2, 0.25) is 0 Å². The number of hydrogen-bond acceptors (Lipinski definition) is 4. The largest absolute Gasteiger partial charge is 0.355 e. The van der Waals surface area contributed by atoms with Crippen LogP contribution in [0.3, 0.4) is 0 Å². The van der Waals surface area contributed by atoms with Crippen molar-refractivity contribution in [2.75, 3.05) is 39.8 Å². The van der Waals surface area contributed by atoms with E-state index >= 15 is 0 Å². The maximum atomic E-state index is 12.4. The van der Waals surface area contributed by atoms with Crippen molar-refractivity contribution in [1.82, 2.24) is 20.4 Å². The summed E-state index contributed by atoms with van der Waals surface area (Å²) in [5.41, 5.74) is 1.42. The Morgan fingerprint density at radius 3 is 2.78 bits per heavy atom. The average Bonchev–Trinajstić information content (AvgIpc) is 2.82. The second-order valence-electron chi connectivity index (χ2n) is 10.6. The first-order valence-corrected chi connectivity index (χ1v) is 13.1. The van der Waals surface area contributed by atoms with Crippen molar-refractivity contribution in [2.45, 2.75) is 76.4 Å². The van der Waals surface area contributed by atoms with E-state index in [0.717, 1.165) is 56.9 Å². The Bertz CT molecular complexity index is 690. The summed E-state index contributed by atoms with van der Waals surface area (Å²) < 4.78 is 0. The van der Waals surface area contributed by atoms with Gasteiger partial charge in [0, 0.05) is 51.2 Å². The molecule has 0 aromatic heterocycles. The van der Waals surface area contributed by atoms with E-state index in [1.54, 1.807) is 0 Å². The molecular formula is C27H44N4O. The molecule has 2 saturated heterocycles. The van der Waals surface area contributed by atoms with Gasteiger partial charge in [0.25, 0.3) is 0 Å². The maximum Gasteiger partial charge on any atom is 0.220 e. The summed E-state index contributed by atoms with van der Waals surface area (Å²) in [6.07, 6.45) is 10.9. The van der Waals surface area contributed by atoms with Gasteiger partial charge in [0.1, 0.15) is 0 Å². The van der Waals surface area contributed by atoms with Crippen LogP contribution in [-0.2, 0) is 11.3 Å².